The zero-order valence-corrected chi connectivity index (χ0v) is 13.6. The molecule has 0 saturated carbocycles. The smallest absolute Gasteiger partial charge is 0.103 e. The van der Waals surface area contributed by atoms with E-state index >= 15 is 0 Å². The largest absolute Gasteiger partial charge is 0.370 e. The zero-order valence-electron chi connectivity index (χ0n) is 12.0. The number of quaternary nitrogens is 2. The molecule has 2 aliphatic heterocycles. The van der Waals surface area contributed by atoms with Crippen molar-refractivity contribution in [2.24, 2.45) is 0 Å². The molecule has 0 atom stereocenters. The fourth-order valence-electron chi connectivity index (χ4n) is 3.59. The molecule has 2 heterocycles. The minimum absolute atomic E-state index is 0.880. The van der Waals surface area contributed by atoms with Crippen LogP contribution in [0.1, 0.15) is 18.4 Å². The van der Waals surface area contributed by atoms with E-state index in [2.05, 4.69) is 40.2 Å². The average Bonchev–Trinajstić information content (AvgIpc) is 2.49. The van der Waals surface area contributed by atoms with Crippen LogP contribution in [0.15, 0.2) is 28.7 Å². The third kappa shape index (κ3) is 3.82. The molecule has 20 heavy (non-hydrogen) atoms. The fraction of sp³-hybridized carbons (Fsp3) is 0.625. The molecule has 3 rings (SSSR count). The van der Waals surface area contributed by atoms with Crippen LogP contribution in [0.4, 0.5) is 0 Å². The second-order valence-corrected chi connectivity index (χ2v) is 7.02. The molecule has 0 unspecified atom stereocenters. The molecule has 110 valence electrons. The van der Waals surface area contributed by atoms with Crippen molar-refractivity contribution in [2.45, 2.75) is 25.4 Å². The molecule has 2 fully saturated rings. The number of halogens is 1. The molecule has 2 aliphatic rings. The van der Waals surface area contributed by atoms with Crippen molar-refractivity contribution in [3.8, 4) is 0 Å². The van der Waals surface area contributed by atoms with Crippen molar-refractivity contribution in [3.63, 3.8) is 0 Å². The maximum absolute atomic E-state index is 5.47. The molecule has 0 amide bonds. The van der Waals surface area contributed by atoms with Crippen LogP contribution in [-0.4, -0.2) is 45.4 Å². The summed E-state index contributed by atoms with van der Waals surface area (Å²) in [4.78, 5) is 3.53. The molecular weight excluding hydrogens is 316 g/mol. The van der Waals surface area contributed by atoms with Crippen LogP contribution in [0.5, 0.6) is 0 Å². The second-order valence-electron chi connectivity index (χ2n) is 6.10. The first-order valence-electron chi connectivity index (χ1n) is 7.81. The van der Waals surface area contributed by atoms with Crippen molar-refractivity contribution in [1.29, 1.82) is 0 Å². The molecule has 2 saturated heterocycles. The maximum Gasteiger partial charge on any atom is 0.103 e. The Kier molecular flexibility index (Phi) is 5.10. The van der Waals surface area contributed by atoms with Crippen LogP contribution in [0.25, 0.3) is 0 Å². The van der Waals surface area contributed by atoms with Crippen molar-refractivity contribution in [2.75, 3.05) is 39.4 Å². The number of morpholine rings is 1. The summed E-state index contributed by atoms with van der Waals surface area (Å²) in [6.45, 7) is 8.16. The van der Waals surface area contributed by atoms with E-state index in [1.165, 1.54) is 55.6 Å². The van der Waals surface area contributed by atoms with Crippen LogP contribution in [0.3, 0.4) is 0 Å². The lowest BCUT2D eigenvalue weighted by atomic mass is 10.0. The van der Waals surface area contributed by atoms with Gasteiger partial charge in [0.25, 0.3) is 0 Å². The summed E-state index contributed by atoms with van der Waals surface area (Å²) in [5.41, 5.74) is 1.45. The monoisotopic (exact) mass is 340 g/mol. The highest BCUT2D eigenvalue weighted by Crippen LogP contribution is 2.11. The summed E-state index contributed by atoms with van der Waals surface area (Å²) < 4.78 is 6.67. The third-order valence-electron chi connectivity index (χ3n) is 4.75. The maximum atomic E-state index is 5.47. The van der Waals surface area contributed by atoms with Crippen LogP contribution in [-0.2, 0) is 11.3 Å². The topological polar surface area (TPSA) is 18.1 Å². The van der Waals surface area contributed by atoms with Gasteiger partial charge < -0.3 is 14.5 Å². The molecule has 2 N–H and O–H groups in total. The quantitative estimate of drug-likeness (QED) is 0.787. The van der Waals surface area contributed by atoms with E-state index in [1.54, 1.807) is 9.80 Å². The summed E-state index contributed by atoms with van der Waals surface area (Å²) in [6.07, 6.45) is 2.75. The van der Waals surface area contributed by atoms with Gasteiger partial charge in [-0.3, -0.25) is 0 Å². The van der Waals surface area contributed by atoms with E-state index < -0.39 is 0 Å². The van der Waals surface area contributed by atoms with Gasteiger partial charge in [0, 0.05) is 22.9 Å². The number of hydrogen-bond donors (Lipinski definition) is 2. The van der Waals surface area contributed by atoms with Gasteiger partial charge in [0.1, 0.15) is 19.6 Å². The second kappa shape index (κ2) is 7.03. The lowest BCUT2D eigenvalue weighted by Gasteiger charge is -2.36. The summed E-state index contributed by atoms with van der Waals surface area (Å²) in [5, 5.41) is 0. The van der Waals surface area contributed by atoms with Crippen molar-refractivity contribution in [1.82, 2.24) is 0 Å². The molecule has 1 aromatic rings. The van der Waals surface area contributed by atoms with Crippen LogP contribution in [0, 0.1) is 0 Å². The van der Waals surface area contributed by atoms with E-state index in [1.807, 2.05) is 0 Å². The Morgan fingerprint density at radius 1 is 1.10 bits per heavy atom. The van der Waals surface area contributed by atoms with Crippen molar-refractivity contribution >= 4 is 15.9 Å². The molecular formula is C16H25BrN2O+2. The van der Waals surface area contributed by atoms with Gasteiger partial charge in [0.2, 0.25) is 0 Å². The average molecular weight is 341 g/mol. The zero-order chi connectivity index (χ0) is 13.8. The predicted molar refractivity (Wildman–Crippen MR) is 83.1 cm³/mol. The van der Waals surface area contributed by atoms with Gasteiger partial charge in [-0.1, -0.05) is 28.1 Å². The number of rotatable bonds is 3. The van der Waals surface area contributed by atoms with E-state index in [0.717, 1.165) is 19.3 Å². The highest BCUT2D eigenvalue weighted by molar-refractivity contribution is 9.10. The molecule has 0 bridgehead atoms. The van der Waals surface area contributed by atoms with E-state index in [9.17, 15) is 0 Å². The molecule has 0 aromatic heterocycles. The van der Waals surface area contributed by atoms with E-state index in [-0.39, 0.29) is 0 Å². The number of benzene rings is 1. The SMILES string of the molecule is Brc1cccc(C[NH+]2CCC([NH+]3CCOCC3)CC2)c1. The lowest BCUT2D eigenvalue weighted by Crippen LogP contribution is -3.21. The van der Waals surface area contributed by atoms with Gasteiger partial charge in [0.15, 0.2) is 0 Å². The Morgan fingerprint density at radius 3 is 2.55 bits per heavy atom. The first-order chi connectivity index (χ1) is 9.81. The van der Waals surface area contributed by atoms with Gasteiger partial charge >= 0.3 is 0 Å². The molecule has 0 radical (unpaired) electrons. The van der Waals surface area contributed by atoms with Gasteiger partial charge in [-0.25, -0.2) is 0 Å². The van der Waals surface area contributed by atoms with E-state index in [4.69, 9.17) is 4.74 Å². The summed E-state index contributed by atoms with van der Waals surface area (Å²) in [7, 11) is 0. The van der Waals surface area contributed by atoms with Crippen molar-refractivity contribution in [3.05, 3.63) is 34.3 Å². The molecule has 0 aliphatic carbocycles. The van der Waals surface area contributed by atoms with Gasteiger partial charge in [-0.2, -0.15) is 0 Å². The normalized spacial score (nSPS) is 28.4. The molecule has 4 heteroatoms. The Morgan fingerprint density at radius 2 is 1.85 bits per heavy atom. The molecule has 3 nitrogen and oxygen atoms in total. The van der Waals surface area contributed by atoms with Gasteiger partial charge in [-0.15, -0.1) is 0 Å². The van der Waals surface area contributed by atoms with E-state index in [0.29, 0.717) is 0 Å². The lowest BCUT2D eigenvalue weighted by molar-refractivity contribution is -0.967. The Labute approximate surface area is 130 Å². The minimum Gasteiger partial charge on any atom is -0.370 e. The number of piperidine rings is 1. The van der Waals surface area contributed by atoms with Crippen LogP contribution in [0.2, 0.25) is 0 Å². The predicted octanol–water partition coefficient (Wildman–Crippen LogP) is -0.0885. The summed E-state index contributed by atoms with van der Waals surface area (Å²) in [6, 6.07) is 9.63. The Hall–Kier alpha value is -0.420. The minimum atomic E-state index is 0.880. The summed E-state index contributed by atoms with van der Waals surface area (Å²) in [5.74, 6) is 0. The molecule has 1 aromatic carbocycles. The third-order valence-corrected chi connectivity index (χ3v) is 5.24. The fourth-order valence-corrected chi connectivity index (χ4v) is 4.04. The number of nitrogens with one attached hydrogen (secondary N) is 2. The van der Waals surface area contributed by atoms with Crippen molar-refractivity contribution < 1.29 is 14.5 Å². The molecule has 0 spiro atoms. The number of likely N-dealkylation sites (tertiary alicyclic amines) is 1. The first kappa shape index (κ1) is 14.5. The Balaban J connectivity index is 1.48. The standard InChI is InChI=1S/C16H23BrN2O/c17-15-3-1-2-14(12-15)13-18-6-4-16(5-7-18)19-8-10-20-11-9-19/h1-3,12,16H,4-11,13H2/p+2. The first-order valence-corrected chi connectivity index (χ1v) is 8.61. The van der Waals surface area contributed by atoms with Gasteiger partial charge in [0.05, 0.1) is 32.3 Å². The highest BCUT2D eigenvalue weighted by Gasteiger charge is 2.30. The number of ether oxygens (including phenoxy) is 1. The Bertz CT molecular complexity index is 426. The van der Waals surface area contributed by atoms with Crippen LogP contribution >= 0.6 is 15.9 Å². The van der Waals surface area contributed by atoms with Gasteiger partial charge in [-0.05, 0) is 12.1 Å². The summed E-state index contributed by atoms with van der Waals surface area (Å²) >= 11 is 3.56. The highest BCUT2D eigenvalue weighted by atomic mass is 79.9. The van der Waals surface area contributed by atoms with Crippen LogP contribution < -0.4 is 9.80 Å². The number of hydrogen-bond acceptors (Lipinski definition) is 1.